The minimum atomic E-state index is -0.355. The van der Waals surface area contributed by atoms with Crippen molar-refractivity contribution in [3.63, 3.8) is 0 Å². The Kier molecular flexibility index (Phi) is 7.15. The molecular weight excluding hydrogens is 368 g/mol. The van der Waals surface area contributed by atoms with E-state index in [-0.39, 0.29) is 29.7 Å². The summed E-state index contributed by atoms with van der Waals surface area (Å²) in [5, 5.41) is 3.07. The van der Waals surface area contributed by atoms with Crippen LogP contribution in [0.4, 0.5) is 0 Å². The number of nitrogens with zero attached hydrogens (tertiary/aromatic N) is 1. The summed E-state index contributed by atoms with van der Waals surface area (Å²) in [6, 6.07) is 20.4. The summed E-state index contributed by atoms with van der Waals surface area (Å²) in [5.41, 5.74) is 2.49. The van der Waals surface area contributed by atoms with Gasteiger partial charge in [0, 0.05) is 24.1 Å². The molecule has 1 saturated heterocycles. The fraction of sp³-hybridized carbons (Fsp3) is 0.391. The zero-order chi connectivity index (χ0) is 19.9. The van der Waals surface area contributed by atoms with Crippen LogP contribution in [-0.4, -0.2) is 40.9 Å². The van der Waals surface area contributed by atoms with Gasteiger partial charge >= 0.3 is 0 Å². The first-order valence-electron chi connectivity index (χ1n) is 9.83. The van der Waals surface area contributed by atoms with E-state index >= 15 is 0 Å². The van der Waals surface area contributed by atoms with Gasteiger partial charge in [-0.2, -0.15) is 0 Å². The molecule has 2 aromatic carbocycles. The van der Waals surface area contributed by atoms with Crippen molar-refractivity contribution in [2.24, 2.45) is 5.92 Å². The van der Waals surface area contributed by atoms with Crippen molar-refractivity contribution >= 4 is 23.6 Å². The molecule has 1 atom stereocenters. The van der Waals surface area contributed by atoms with E-state index in [2.05, 4.69) is 53.8 Å². The van der Waals surface area contributed by atoms with E-state index in [1.807, 2.05) is 26.0 Å². The van der Waals surface area contributed by atoms with E-state index < -0.39 is 0 Å². The van der Waals surface area contributed by atoms with Crippen molar-refractivity contribution in [1.82, 2.24) is 10.2 Å². The standard InChI is InChI=1S/C23H28N2O2S/c1-17(2)23(27)25-16-28-15-21(25)22(26)24-14-13-20(18-9-5-3-6-10-18)19-11-7-4-8-12-19/h3-12,17,20-21H,13-16H2,1-2H3,(H,24,26). The molecule has 1 fully saturated rings. The predicted octanol–water partition coefficient (Wildman–Crippen LogP) is 3.88. The van der Waals surface area contributed by atoms with Crippen molar-refractivity contribution in [3.8, 4) is 0 Å². The lowest BCUT2D eigenvalue weighted by Gasteiger charge is -2.25. The van der Waals surface area contributed by atoms with Crippen molar-refractivity contribution in [3.05, 3.63) is 71.8 Å². The SMILES string of the molecule is CC(C)C(=O)N1CSCC1C(=O)NCCC(c1ccccc1)c1ccccc1. The Morgan fingerprint density at radius 1 is 1.04 bits per heavy atom. The van der Waals surface area contributed by atoms with Crippen LogP contribution in [0.5, 0.6) is 0 Å². The highest BCUT2D eigenvalue weighted by molar-refractivity contribution is 7.99. The number of nitrogens with one attached hydrogen (secondary N) is 1. The zero-order valence-electron chi connectivity index (χ0n) is 16.5. The molecular formula is C23H28N2O2S. The summed E-state index contributed by atoms with van der Waals surface area (Å²) in [6.07, 6.45) is 0.817. The summed E-state index contributed by atoms with van der Waals surface area (Å²) in [5.74, 6) is 1.43. The molecule has 148 valence electrons. The minimum absolute atomic E-state index is 0.0427. The number of amides is 2. The molecule has 1 aliphatic rings. The number of thioether (sulfide) groups is 1. The Morgan fingerprint density at radius 2 is 1.61 bits per heavy atom. The van der Waals surface area contributed by atoms with Gasteiger partial charge in [0.05, 0.1) is 5.88 Å². The first-order valence-corrected chi connectivity index (χ1v) is 11.0. The quantitative estimate of drug-likeness (QED) is 0.773. The van der Waals surface area contributed by atoms with Crippen LogP contribution in [0.3, 0.4) is 0 Å². The van der Waals surface area contributed by atoms with E-state index in [0.29, 0.717) is 18.2 Å². The maximum absolute atomic E-state index is 12.7. The molecule has 1 unspecified atom stereocenters. The largest absolute Gasteiger partial charge is 0.354 e. The lowest BCUT2D eigenvalue weighted by Crippen LogP contribution is -2.48. The molecule has 2 aromatic rings. The summed E-state index contributed by atoms with van der Waals surface area (Å²) in [7, 11) is 0. The van der Waals surface area contributed by atoms with Crippen LogP contribution in [0.25, 0.3) is 0 Å². The Bertz CT molecular complexity index is 740. The van der Waals surface area contributed by atoms with Crippen LogP contribution in [0.15, 0.2) is 60.7 Å². The average Bonchev–Trinajstić information content (AvgIpc) is 3.21. The van der Waals surface area contributed by atoms with Gasteiger partial charge in [0.2, 0.25) is 11.8 Å². The van der Waals surface area contributed by atoms with Gasteiger partial charge in [0.25, 0.3) is 0 Å². The number of rotatable bonds is 7. The Labute approximate surface area is 171 Å². The van der Waals surface area contributed by atoms with E-state index in [1.54, 1.807) is 16.7 Å². The van der Waals surface area contributed by atoms with Crippen LogP contribution in [0.2, 0.25) is 0 Å². The monoisotopic (exact) mass is 396 g/mol. The highest BCUT2D eigenvalue weighted by atomic mass is 32.2. The number of hydrogen-bond acceptors (Lipinski definition) is 3. The van der Waals surface area contributed by atoms with Gasteiger partial charge in [-0.05, 0) is 17.5 Å². The van der Waals surface area contributed by atoms with Crippen molar-refractivity contribution in [2.45, 2.75) is 32.2 Å². The molecule has 0 saturated carbocycles. The zero-order valence-corrected chi connectivity index (χ0v) is 17.3. The molecule has 1 N–H and O–H groups in total. The number of carbonyl (C=O) groups is 2. The van der Waals surface area contributed by atoms with Crippen molar-refractivity contribution in [2.75, 3.05) is 18.2 Å². The summed E-state index contributed by atoms with van der Waals surface area (Å²) < 4.78 is 0. The van der Waals surface area contributed by atoms with Crippen molar-refractivity contribution in [1.29, 1.82) is 0 Å². The van der Waals surface area contributed by atoms with Crippen LogP contribution < -0.4 is 5.32 Å². The third-order valence-corrected chi connectivity index (χ3v) is 6.11. The van der Waals surface area contributed by atoms with Gasteiger partial charge in [0.15, 0.2) is 0 Å². The average molecular weight is 397 g/mol. The first-order chi connectivity index (χ1) is 13.6. The summed E-state index contributed by atoms with van der Waals surface area (Å²) in [4.78, 5) is 26.8. The third kappa shape index (κ3) is 4.96. The molecule has 5 heteroatoms. The van der Waals surface area contributed by atoms with Crippen LogP contribution in [0, 0.1) is 5.92 Å². The summed E-state index contributed by atoms with van der Waals surface area (Å²) >= 11 is 1.64. The molecule has 1 aliphatic heterocycles. The number of hydrogen-bond donors (Lipinski definition) is 1. The van der Waals surface area contributed by atoms with Crippen LogP contribution in [0.1, 0.15) is 37.3 Å². The minimum Gasteiger partial charge on any atom is -0.354 e. The molecule has 28 heavy (non-hydrogen) atoms. The molecule has 0 aliphatic carbocycles. The van der Waals surface area contributed by atoms with Gasteiger partial charge < -0.3 is 10.2 Å². The molecule has 0 aromatic heterocycles. The molecule has 1 heterocycles. The van der Waals surface area contributed by atoms with Crippen molar-refractivity contribution < 1.29 is 9.59 Å². The van der Waals surface area contributed by atoms with Gasteiger partial charge in [0.1, 0.15) is 6.04 Å². The van der Waals surface area contributed by atoms with Crippen LogP contribution in [-0.2, 0) is 9.59 Å². The number of carbonyl (C=O) groups excluding carboxylic acids is 2. The van der Waals surface area contributed by atoms with E-state index in [0.717, 1.165) is 6.42 Å². The maximum Gasteiger partial charge on any atom is 0.243 e. The second-order valence-corrected chi connectivity index (χ2v) is 8.43. The second-order valence-electron chi connectivity index (χ2n) is 7.43. The Balaban J connectivity index is 1.63. The lowest BCUT2D eigenvalue weighted by atomic mass is 9.88. The van der Waals surface area contributed by atoms with E-state index in [9.17, 15) is 9.59 Å². The van der Waals surface area contributed by atoms with Gasteiger partial charge in [-0.15, -0.1) is 11.8 Å². The van der Waals surface area contributed by atoms with Gasteiger partial charge in [-0.3, -0.25) is 9.59 Å². The smallest absolute Gasteiger partial charge is 0.243 e. The van der Waals surface area contributed by atoms with E-state index in [4.69, 9.17) is 0 Å². The topological polar surface area (TPSA) is 49.4 Å². The Morgan fingerprint density at radius 3 is 2.14 bits per heavy atom. The summed E-state index contributed by atoms with van der Waals surface area (Å²) in [6.45, 7) is 4.34. The third-order valence-electron chi connectivity index (χ3n) is 5.10. The predicted molar refractivity (Wildman–Crippen MR) is 115 cm³/mol. The second kappa shape index (κ2) is 9.78. The van der Waals surface area contributed by atoms with E-state index in [1.165, 1.54) is 11.1 Å². The lowest BCUT2D eigenvalue weighted by molar-refractivity contribution is -0.140. The first kappa shape index (κ1) is 20.5. The highest BCUT2D eigenvalue weighted by Crippen LogP contribution is 2.28. The maximum atomic E-state index is 12.7. The fourth-order valence-electron chi connectivity index (χ4n) is 3.56. The van der Waals surface area contributed by atoms with Gasteiger partial charge in [-0.1, -0.05) is 74.5 Å². The van der Waals surface area contributed by atoms with Gasteiger partial charge in [-0.25, -0.2) is 0 Å². The molecule has 0 bridgehead atoms. The Hall–Kier alpha value is -2.27. The number of benzene rings is 2. The normalized spacial score (nSPS) is 16.6. The van der Waals surface area contributed by atoms with Crippen LogP contribution >= 0.6 is 11.8 Å². The molecule has 3 rings (SSSR count). The molecule has 0 radical (unpaired) electrons. The highest BCUT2D eigenvalue weighted by Gasteiger charge is 2.35. The molecule has 0 spiro atoms. The molecule has 2 amide bonds. The fourth-order valence-corrected chi connectivity index (χ4v) is 4.73. The molecule has 4 nitrogen and oxygen atoms in total.